The lowest BCUT2D eigenvalue weighted by Gasteiger charge is -2.11. The summed E-state index contributed by atoms with van der Waals surface area (Å²) in [6.45, 7) is 0. The predicted octanol–water partition coefficient (Wildman–Crippen LogP) is 2.73. The van der Waals surface area contributed by atoms with E-state index in [0.717, 1.165) is 0 Å². The summed E-state index contributed by atoms with van der Waals surface area (Å²) in [4.78, 5) is 19.4. The third kappa shape index (κ3) is 3.93. The van der Waals surface area contributed by atoms with Gasteiger partial charge in [0.1, 0.15) is 4.90 Å². The fraction of sp³-hybridized carbons (Fsp3) is 0. The number of hydrogen-bond donors (Lipinski definition) is 3. The van der Waals surface area contributed by atoms with Crippen LogP contribution in [0.15, 0.2) is 35.2 Å². The van der Waals surface area contributed by atoms with Gasteiger partial charge in [0.2, 0.25) is 0 Å². The second-order valence-corrected chi connectivity index (χ2v) is 6.52. The molecule has 0 bridgehead atoms. The number of nitrogen functional groups attached to an aromatic ring is 1. The Labute approximate surface area is 145 Å². The van der Waals surface area contributed by atoms with Crippen molar-refractivity contribution in [1.29, 1.82) is 0 Å². The van der Waals surface area contributed by atoms with E-state index >= 15 is 0 Å². The van der Waals surface area contributed by atoms with Crippen molar-refractivity contribution in [2.45, 2.75) is 4.90 Å². The summed E-state index contributed by atoms with van der Waals surface area (Å²) < 4.78 is 31.4. The van der Waals surface area contributed by atoms with Gasteiger partial charge in [-0.15, -0.1) is 0 Å². The molecule has 0 amide bonds. The van der Waals surface area contributed by atoms with Gasteiger partial charge in [-0.2, -0.15) is 8.42 Å². The number of rotatable bonds is 5. The van der Waals surface area contributed by atoms with Crippen LogP contribution in [0.1, 0.15) is 0 Å². The molecular formula is C12H9ClN4O7S. The van der Waals surface area contributed by atoms with Crippen molar-refractivity contribution in [2.75, 3.05) is 11.1 Å². The van der Waals surface area contributed by atoms with E-state index < -0.39 is 41.9 Å². The highest BCUT2D eigenvalue weighted by Gasteiger charge is 2.30. The van der Waals surface area contributed by atoms with Crippen molar-refractivity contribution < 1.29 is 22.8 Å². The first-order chi connectivity index (χ1) is 11.5. The number of nitrogens with zero attached hydrogens (tertiary/aromatic N) is 2. The molecule has 11 nitrogen and oxygen atoms in total. The summed E-state index contributed by atoms with van der Waals surface area (Å²) in [6, 6.07) is 5.04. The molecule has 0 saturated heterocycles. The highest BCUT2D eigenvalue weighted by atomic mass is 35.5. The zero-order valence-electron chi connectivity index (χ0n) is 12.0. The van der Waals surface area contributed by atoms with Crippen LogP contribution in [0.5, 0.6) is 0 Å². The van der Waals surface area contributed by atoms with Crippen molar-refractivity contribution >= 4 is 50.2 Å². The van der Waals surface area contributed by atoms with Crippen LogP contribution in [0.4, 0.5) is 28.4 Å². The van der Waals surface area contributed by atoms with Crippen molar-refractivity contribution in [2.24, 2.45) is 0 Å². The zero-order chi connectivity index (χ0) is 18.9. The lowest BCUT2D eigenvalue weighted by atomic mass is 10.2. The summed E-state index contributed by atoms with van der Waals surface area (Å²) in [7, 11) is -4.90. The molecule has 0 aliphatic rings. The van der Waals surface area contributed by atoms with E-state index in [0.29, 0.717) is 17.8 Å². The maximum Gasteiger partial charge on any atom is 0.301 e. The van der Waals surface area contributed by atoms with Crippen molar-refractivity contribution in [3.63, 3.8) is 0 Å². The minimum absolute atomic E-state index is 0.0300. The highest BCUT2D eigenvalue weighted by molar-refractivity contribution is 7.85. The lowest BCUT2D eigenvalue weighted by molar-refractivity contribution is -0.392. The standard InChI is InChI=1S/C12H9ClN4O7S/c13-8-3-6(14)1-2-9(8)15-12-10(16(18)19)4-7(25(22,23)24)5-11(12)17(20)21/h1-5,15H,14H2,(H,22,23,24). The van der Waals surface area contributed by atoms with E-state index in [1.807, 2.05) is 0 Å². The van der Waals surface area contributed by atoms with Gasteiger partial charge >= 0.3 is 11.4 Å². The minimum Gasteiger partial charge on any atom is -0.399 e. The Morgan fingerprint density at radius 2 is 1.60 bits per heavy atom. The van der Waals surface area contributed by atoms with Crippen molar-refractivity contribution in [3.8, 4) is 0 Å². The molecule has 132 valence electrons. The number of nitro benzene ring substituents is 2. The SMILES string of the molecule is Nc1ccc(Nc2c([N+](=O)[O-])cc(S(=O)(=O)O)cc2[N+](=O)[O-])c(Cl)c1. The van der Waals surface area contributed by atoms with Crippen LogP contribution in [-0.2, 0) is 10.1 Å². The van der Waals surface area contributed by atoms with E-state index in [1.54, 1.807) is 0 Å². The summed E-state index contributed by atoms with van der Waals surface area (Å²) in [5, 5.41) is 24.9. The Morgan fingerprint density at radius 3 is 2.00 bits per heavy atom. The summed E-state index contributed by atoms with van der Waals surface area (Å²) in [5.41, 5.74) is 3.41. The number of anilines is 3. The van der Waals surface area contributed by atoms with E-state index in [4.69, 9.17) is 21.9 Å². The Hall–Kier alpha value is -2.96. The monoisotopic (exact) mass is 388 g/mol. The number of nitro groups is 2. The second-order valence-electron chi connectivity index (χ2n) is 4.69. The van der Waals surface area contributed by atoms with Gasteiger partial charge in [-0.05, 0) is 18.2 Å². The molecule has 4 N–H and O–H groups in total. The average Bonchev–Trinajstić information content (AvgIpc) is 2.48. The molecule has 0 atom stereocenters. The smallest absolute Gasteiger partial charge is 0.301 e. The number of nitrogens with two attached hydrogens (primary N) is 1. The molecule has 0 aromatic heterocycles. The van der Waals surface area contributed by atoms with Gasteiger partial charge in [0.15, 0.2) is 5.69 Å². The van der Waals surface area contributed by atoms with Gasteiger partial charge in [-0.1, -0.05) is 11.6 Å². The molecule has 0 unspecified atom stereocenters. The molecule has 0 heterocycles. The number of hydrogen-bond acceptors (Lipinski definition) is 8. The quantitative estimate of drug-likeness (QED) is 0.300. The molecule has 0 aliphatic carbocycles. The third-order valence-corrected chi connectivity index (χ3v) is 4.16. The van der Waals surface area contributed by atoms with Crippen LogP contribution in [-0.4, -0.2) is 22.8 Å². The molecule has 2 aromatic carbocycles. The number of benzene rings is 2. The number of halogens is 1. The molecule has 0 saturated carbocycles. The van der Waals surface area contributed by atoms with Crippen molar-refractivity contribution in [3.05, 3.63) is 55.6 Å². The van der Waals surface area contributed by atoms with Crippen LogP contribution in [0.25, 0.3) is 0 Å². The van der Waals surface area contributed by atoms with Gasteiger partial charge in [-0.3, -0.25) is 24.8 Å². The fourth-order valence-electron chi connectivity index (χ4n) is 1.92. The van der Waals surface area contributed by atoms with Gasteiger partial charge in [0, 0.05) is 17.8 Å². The Morgan fingerprint density at radius 1 is 1.08 bits per heavy atom. The van der Waals surface area contributed by atoms with Gasteiger partial charge in [-0.25, -0.2) is 0 Å². The van der Waals surface area contributed by atoms with Gasteiger partial charge in [0.25, 0.3) is 10.1 Å². The first-order valence-electron chi connectivity index (χ1n) is 6.27. The molecule has 0 radical (unpaired) electrons. The van der Waals surface area contributed by atoms with Crippen LogP contribution in [0, 0.1) is 20.2 Å². The summed E-state index contributed by atoms with van der Waals surface area (Å²) in [6.07, 6.45) is 0. The van der Waals surface area contributed by atoms with E-state index in [-0.39, 0.29) is 10.7 Å². The van der Waals surface area contributed by atoms with E-state index in [9.17, 15) is 28.6 Å². The molecule has 13 heteroatoms. The molecule has 2 rings (SSSR count). The molecule has 0 fully saturated rings. The summed E-state index contributed by atoms with van der Waals surface area (Å²) >= 11 is 5.93. The average molecular weight is 389 g/mol. The zero-order valence-corrected chi connectivity index (χ0v) is 13.6. The van der Waals surface area contributed by atoms with Crippen LogP contribution in [0.2, 0.25) is 5.02 Å². The maximum atomic E-state index is 11.2. The maximum absolute atomic E-state index is 11.2. The predicted molar refractivity (Wildman–Crippen MR) is 88.7 cm³/mol. The fourth-order valence-corrected chi connectivity index (χ4v) is 2.68. The first kappa shape index (κ1) is 18.4. The minimum atomic E-state index is -4.90. The van der Waals surface area contributed by atoms with Crippen LogP contribution >= 0.6 is 11.6 Å². The second kappa shape index (κ2) is 6.51. The normalized spacial score (nSPS) is 11.1. The van der Waals surface area contributed by atoms with E-state index in [2.05, 4.69) is 5.32 Å². The Kier molecular flexibility index (Phi) is 4.78. The Balaban J connectivity index is 2.74. The molecule has 2 aromatic rings. The molecule has 25 heavy (non-hydrogen) atoms. The topological polar surface area (TPSA) is 179 Å². The Bertz CT molecular complexity index is 958. The van der Waals surface area contributed by atoms with Crippen LogP contribution in [0.3, 0.4) is 0 Å². The molecule has 0 aliphatic heterocycles. The van der Waals surface area contributed by atoms with Gasteiger partial charge < -0.3 is 11.1 Å². The van der Waals surface area contributed by atoms with Gasteiger partial charge in [0.05, 0.1) is 20.6 Å². The largest absolute Gasteiger partial charge is 0.399 e. The van der Waals surface area contributed by atoms with E-state index in [1.165, 1.54) is 18.2 Å². The number of nitrogens with one attached hydrogen (secondary N) is 1. The third-order valence-electron chi connectivity index (χ3n) is 3.01. The first-order valence-corrected chi connectivity index (χ1v) is 8.09. The molecule has 0 spiro atoms. The van der Waals surface area contributed by atoms with Crippen molar-refractivity contribution in [1.82, 2.24) is 0 Å². The van der Waals surface area contributed by atoms with Crippen LogP contribution < -0.4 is 11.1 Å². The summed E-state index contributed by atoms with van der Waals surface area (Å²) in [5.74, 6) is 0. The highest BCUT2D eigenvalue weighted by Crippen LogP contribution is 2.40. The lowest BCUT2D eigenvalue weighted by Crippen LogP contribution is -2.06. The molecular weight excluding hydrogens is 380 g/mol.